The number of para-hydroxylation sites is 2. The van der Waals surface area contributed by atoms with Crippen LogP contribution in [0.1, 0.15) is 24.9 Å². The smallest absolute Gasteiger partial charge is 0.264 e. The fraction of sp³-hybridized carbons (Fsp3) is 0.208. The topological polar surface area (TPSA) is 75.7 Å². The lowest BCUT2D eigenvalue weighted by atomic mass is 10.0. The molecule has 1 amide bonds. The highest BCUT2D eigenvalue weighted by molar-refractivity contribution is 7.92. The van der Waals surface area contributed by atoms with Gasteiger partial charge in [0.25, 0.3) is 15.9 Å². The monoisotopic (exact) mass is 436 g/mol. The molecular weight excluding hydrogens is 412 g/mol. The first-order valence-corrected chi connectivity index (χ1v) is 11.6. The molecule has 1 heterocycles. The van der Waals surface area contributed by atoms with Gasteiger partial charge < -0.3 is 10.1 Å². The average molecular weight is 437 g/mol. The van der Waals surface area contributed by atoms with Crippen LogP contribution in [0.4, 0.5) is 5.69 Å². The molecule has 0 fully saturated rings. The van der Waals surface area contributed by atoms with Gasteiger partial charge in [0.2, 0.25) is 0 Å². The van der Waals surface area contributed by atoms with Crippen molar-refractivity contribution >= 4 is 21.6 Å². The van der Waals surface area contributed by atoms with Gasteiger partial charge in [-0.15, -0.1) is 0 Å². The Morgan fingerprint density at radius 1 is 1.00 bits per heavy atom. The van der Waals surface area contributed by atoms with Crippen molar-refractivity contribution in [2.75, 3.05) is 10.8 Å². The van der Waals surface area contributed by atoms with Gasteiger partial charge in [0, 0.05) is 0 Å². The minimum Gasteiger partial charge on any atom is -0.476 e. The van der Waals surface area contributed by atoms with Crippen molar-refractivity contribution in [2.24, 2.45) is 0 Å². The molecule has 1 N–H and O–H groups in total. The molecule has 31 heavy (non-hydrogen) atoms. The number of carbonyl (C=O) groups is 1. The van der Waals surface area contributed by atoms with Gasteiger partial charge in [-0.05, 0) is 36.2 Å². The van der Waals surface area contributed by atoms with E-state index in [1.54, 1.807) is 54.6 Å². The molecular formula is C24H24N2O4S. The van der Waals surface area contributed by atoms with Crippen molar-refractivity contribution in [3.05, 3.63) is 90.5 Å². The van der Waals surface area contributed by atoms with Crippen LogP contribution in [0.3, 0.4) is 0 Å². The quantitative estimate of drug-likeness (QED) is 0.636. The lowest BCUT2D eigenvalue weighted by molar-refractivity contribution is -0.128. The molecule has 6 nitrogen and oxygen atoms in total. The van der Waals surface area contributed by atoms with Crippen LogP contribution in [0.15, 0.2) is 89.8 Å². The Hall–Kier alpha value is -3.32. The van der Waals surface area contributed by atoms with Crippen LogP contribution in [0.5, 0.6) is 5.75 Å². The van der Waals surface area contributed by atoms with E-state index < -0.39 is 16.1 Å². The molecule has 1 aliphatic rings. The summed E-state index contributed by atoms with van der Waals surface area (Å²) in [4.78, 5) is 13.3. The Morgan fingerprint density at radius 3 is 2.29 bits per heavy atom. The predicted octanol–water partition coefficient (Wildman–Crippen LogP) is 3.91. The van der Waals surface area contributed by atoms with Gasteiger partial charge >= 0.3 is 0 Å². The minimum absolute atomic E-state index is 0.106. The lowest BCUT2D eigenvalue weighted by Gasteiger charge is -2.35. The molecule has 2 unspecified atom stereocenters. The number of nitrogens with zero attached hydrogens (tertiary/aromatic N) is 1. The summed E-state index contributed by atoms with van der Waals surface area (Å²) in [7, 11) is -3.85. The van der Waals surface area contributed by atoms with E-state index in [0.717, 1.165) is 5.56 Å². The molecule has 0 saturated heterocycles. The second kappa shape index (κ2) is 8.81. The van der Waals surface area contributed by atoms with Gasteiger partial charge in [-0.25, -0.2) is 8.42 Å². The first-order valence-electron chi connectivity index (χ1n) is 10.2. The Kier molecular flexibility index (Phi) is 5.95. The van der Waals surface area contributed by atoms with Crippen molar-refractivity contribution in [1.82, 2.24) is 5.32 Å². The Labute approximate surface area is 182 Å². The van der Waals surface area contributed by atoms with Gasteiger partial charge in [-0.3, -0.25) is 9.10 Å². The molecule has 1 aliphatic heterocycles. The molecule has 0 saturated carbocycles. The number of rotatable bonds is 6. The summed E-state index contributed by atoms with van der Waals surface area (Å²) >= 11 is 0. The number of sulfonamides is 1. The van der Waals surface area contributed by atoms with E-state index in [-0.39, 0.29) is 23.4 Å². The zero-order valence-corrected chi connectivity index (χ0v) is 18.0. The molecule has 0 radical (unpaired) electrons. The summed E-state index contributed by atoms with van der Waals surface area (Å²) in [6.45, 7) is 1.88. The van der Waals surface area contributed by atoms with Crippen molar-refractivity contribution in [2.45, 2.75) is 30.4 Å². The highest BCUT2D eigenvalue weighted by Gasteiger charge is 2.37. The average Bonchev–Trinajstić information content (AvgIpc) is 2.82. The van der Waals surface area contributed by atoms with E-state index in [2.05, 4.69) is 5.32 Å². The third-order valence-corrected chi connectivity index (χ3v) is 7.08. The molecule has 0 aromatic heterocycles. The number of amides is 1. The highest BCUT2D eigenvalue weighted by atomic mass is 32.2. The van der Waals surface area contributed by atoms with Gasteiger partial charge in [0.05, 0.1) is 23.2 Å². The van der Waals surface area contributed by atoms with Crippen LogP contribution in [-0.2, 0) is 14.8 Å². The number of nitrogens with one attached hydrogen (secondary N) is 1. The lowest BCUT2D eigenvalue weighted by Crippen LogP contribution is -2.51. The zero-order chi connectivity index (χ0) is 21.8. The maximum Gasteiger partial charge on any atom is 0.264 e. The predicted molar refractivity (Wildman–Crippen MR) is 119 cm³/mol. The molecule has 4 rings (SSSR count). The highest BCUT2D eigenvalue weighted by Crippen LogP contribution is 2.36. The fourth-order valence-electron chi connectivity index (χ4n) is 3.66. The van der Waals surface area contributed by atoms with Crippen LogP contribution in [0, 0.1) is 0 Å². The third kappa shape index (κ3) is 4.27. The first-order chi connectivity index (χ1) is 15.0. The largest absolute Gasteiger partial charge is 0.476 e. The number of benzene rings is 3. The summed E-state index contributed by atoms with van der Waals surface area (Å²) < 4.78 is 33.9. The van der Waals surface area contributed by atoms with Crippen LogP contribution in [-0.4, -0.2) is 27.0 Å². The van der Waals surface area contributed by atoms with E-state index in [0.29, 0.717) is 17.9 Å². The first kappa shape index (κ1) is 20.9. The number of ether oxygens (including phenoxy) is 1. The van der Waals surface area contributed by atoms with Crippen LogP contribution in [0.25, 0.3) is 0 Å². The van der Waals surface area contributed by atoms with Crippen molar-refractivity contribution < 1.29 is 17.9 Å². The number of fused-ring (bicyclic) bond motifs is 1. The van der Waals surface area contributed by atoms with Gasteiger partial charge in [-0.1, -0.05) is 67.6 Å². The summed E-state index contributed by atoms with van der Waals surface area (Å²) in [5.74, 6) is 0.0135. The standard InChI is InChI=1S/C24H24N2O4S/c1-2-20(18-11-5-3-6-12-18)25-24(27)23-17-26(21-15-9-10-16-22(21)30-23)31(28,29)19-13-7-4-8-14-19/h3-16,20,23H,2,17H2,1H3,(H,25,27). The summed E-state index contributed by atoms with van der Waals surface area (Å²) in [5, 5.41) is 3.01. The second-order valence-corrected chi connectivity index (χ2v) is 9.17. The zero-order valence-electron chi connectivity index (χ0n) is 17.1. The molecule has 160 valence electrons. The summed E-state index contributed by atoms with van der Waals surface area (Å²) in [5.41, 5.74) is 1.41. The number of carbonyl (C=O) groups excluding carboxylic acids is 1. The maximum absolute atomic E-state index is 13.4. The Morgan fingerprint density at radius 2 is 1.61 bits per heavy atom. The minimum atomic E-state index is -3.85. The molecule has 3 aromatic rings. The van der Waals surface area contributed by atoms with Crippen LogP contribution in [0.2, 0.25) is 0 Å². The van der Waals surface area contributed by atoms with Crippen molar-refractivity contribution in [3.8, 4) is 5.75 Å². The van der Waals surface area contributed by atoms with Crippen molar-refractivity contribution in [3.63, 3.8) is 0 Å². The maximum atomic E-state index is 13.4. The molecule has 0 bridgehead atoms. The molecule has 7 heteroatoms. The van der Waals surface area contributed by atoms with E-state index in [9.17, 15) is 13.2 Å². The Balaban J connectivity index is 1.63. The van der Waals surface area contributed by atoms with Crippen LogP contribution < -0.4 is 14.4 Å². The normalized spacial score (nSPS) is 16.7. The molecule has 3 aromatic carbocycles. The van der Waals surface area contributed by atoms with E-state index in [1.165, 1.54) is 4.31 Å². The molecule has 0 spiro atoms. The summed E-state index contributed by atoms with van der Waals surface area (Å²) in [6, 6.07) is 24.6. The number of hydrogen-bond donors (Lipinski definition) is 1. The van der Waals surface area contributed by atoms with E-state index >= 15 is 0 Å². The Bertz CT molecular complexity index is 1150. The second-order valence-electron chi connectivity index (χ2n) is 7.30. The van der Waals surface area contributed by atoms with Crippen LogP contribution >= 0.6 is 0 Å². The third-order valence-electron chi connectivity index (χ3n) is 5.29. The van der Waals surface area contributed by atoms with Crippen molar-refractivity contribution in [1.29, 1.82) is 0 Å². The van der Waals surface area contributed by atoms with E-state index in [4.69, 9.17) is 4.74 Å². The number of anilines is 1. The van der Waals surface area contributed by atoms with Gasteiger partial charge in [0.15, 0.2) is 6.10 Å². The fourth-order valence-corrected chi connectivity index (χ4v) is 5.15. The number of hydrogen-bond acceptors (Lipinski definition) is 4. The molecule has 2 atom stereocenters. The van der Waals surface area contributed by atoms with Gasteiger partial charge in [0.1, 0.15) is 5.75 Å². The molecule has 0 aliphatic carbocycles. The van der Waals surface area contributed by atoms with E-state index in [1.807, 2.05) is 37.3 Å². The van der Waals surface area contributed by atoms with Gasteiger partial charge in [-0.2, -0.15) is 0 Å². The summed E-state index contributed by atoms with van der Waals surface area (Å²) in [6.07, 6.45) is -0.267. The SMILES string of the molecule is CCC(NC(=O)C1CN(S(=O)(=O)c2ccccc2)c2ccccc2O1)c1ccccc1.